The van der Waals surface area contributed by atoms with Crippen LogP contribution in [0.25, 0.3) is 0 Å². The normalized spacial score (nSPS) is 23.3. The van der Waals surface area contributed by atoms with Crippen LogP contribution in [0.4, 0.5) is 0 Å². The number of aromatic nitrogens is 1. The van der Waals surface area contributed by atoms with Gasteiger partial charge in [-0.3, -0.25) is 9.59 Å². The van der Waals surface area contributed by atoms with E-state index in [2.05, 4.69) is 21.4 Å². The molecular formula is C22H28N4O3. The molecule has 2 aliphatic heterocycles. The van der Waals surface area contributed by atoms with E-state index in [1.807, 2.05) is 31.1 Å². The number of carbonyl (C=O) groups is 2. The molecule has 1 saturated carbocycles. The summed E-state index contributed by atoms with van der Waals surface area (Å²) in [6, 6.07) is 7.96. The van der Waals surface area contributed by atoms with Gasteiger partial charge in [0.05, 0.1) is 6.04 Å². The first-order valence-corrected chi connectivity index (χ1v) is 10.4. The highest BCUT2D eigenvalue weighted by Gasteiger charge is 2.41. The maximum absolute atomic E-state index is 12.8. The molecule has 2 fully saturated rings. The van der Waals surface area contributed by atoms with E-state index in [0.29, 0.717) is 18.2 Å². The number of hydrogen-bond acceptors (Lipinski definition) is 5. The van der Waals surface area contributed by atoms with Crippen molar-refractivity contribution in [3.8, 4) is 0 Å². The average molecular weight is 396 g/mol. The summed E-state index contributed by atoms with van der Waals surface area (Å²) < 4.78 is 5.31. The second kappa shape index (κ2) is 6.99. The standard InChI is InChI=1S/C22H26N4O3.H2/c1-25(2)12-13-3-6-16-17(9-13)19-10-15(7-8-26(19)22(16)28)23-21(27)18-11-20(29-24-18)14-4-5-14;/h3,6,9,11,14-15,19H,4-5,7-8,10,12H2,1-2H3,(H,23,27);1H/t15-,19+;/m1./s1. The summed E-state index contributed by atoms with van der Waals surface area (Å²) in [5, 5.41) is 7.05. The number of carbonyl (C=O) groups excluding carboxylic acids is 2. The highest BCUT2D eigenvalue weighted by Crippen LogP contribution is 2.41. The van der Waals surface area contributed by atoms with Crippen LogP contribution in [0.15, 0.2) is 28.8 Å². The summed E-state index contributed by atoms with van der Waals surface area (Å²) in [6.45, 7) is 1.49. The Kier molecular flexibility index (Phi) is 4.42. The minimum absolute atomic E-state index is 0. The molecule has 7 nitrogen and oxygen atoms in total. The van der Waals surface area contributed by atoms with Crippen LogP contribution in [-0.2, 0) is 6.54 Å². The van der Waals surface area contributed by atoms with Crippen molar-refractivity contribution in [2.75, 3.05) is 20.6 Å². The number of fused-ring (bicyclic) bond motifs is 3. The molecule has 1 aromatic heterocycles. The topological polar surface area (TPSA) is 78.7 Å². The molecule has 3 aliphatic rings. The fourth-order valence-corrected chi connectivity index (χ4v) is 4.55. The molecule has 2 aromatic rings. The van der Waals surface area contributed by atoms with E-state index >= 15 is 0 Å². The lowest BCUT2D eigenvalue weighted by Gasteiger charge is -2.35. The third-order valence-electron chi connectivity index (χ3n) is 6.14. The smallest absolute Gasteiger partial charge is 0.273 e. The van der Waals surface area contributed by atoms with Gasteiger partial charge in [-0.15, -0.1) is 0 Å². The Morgan fingerprint density at radius 1 is 1.31 bits per heavy atom. The van der Waals surface area contributed by atoms with Gasteiger partial charge in [0.15, 0.2) is 5.69 Å². The average Bonchev–Trinajstić information content (AvgIpc) is 3.36. The molecule has 0 bridgehead atoms. The predicted octanol–water partition coefficient (Wildman–Crippen LogP) is 2.95. The van der Waals surface area contributed by atoms with Crippen LogP contribution in [0.2, 0.25) is 0 Å². The van der Waals surface area contributed by atoms with Crippen molar-refractivity contribution in [1.82, 2.24) is 20.3 Å². The van der Waals surface area contributed by atoms with Crippen LogP contribution in [0.1, 0.15) is 76.8 Å². The maximum Gasteiger partial charge on any atom is 0.273 e. The van der Waals surface area contributed by atoms with Gasteiger partial charge in [-0.1, -0.05) is 17.3 Å². The summed E-state index contributed by atoms with van der Waals surface area (Å²) in [5.41, 5.74) is 3.44. The van der Waals surface area contributed by atoms with Crippen LogP contribution in [0, 0.1) is 0 Å². The van der Waals surface area contributed by atoms with Crippen molar-refractivity contribution in [2.45, 2.75) is 50.2 Å². The van der Waals surface area contributed by atoms with E-state index in [9.17, 15) is 9.59 Å². The van der Waals surface area contributed by atoms with Gasteiger partial charge in [-0.25, -0.2) is 0 Å². The molecule has 1 saturated heterocycles. The summed E-state index contributed by atoms with van der Waals surface area (Å²) in [7, 11) is 4.07. The Bertz CT molecular complexity index is 969. The molecule has 1 aromatic carbocycles. The number of benzene rings is 1. The summed E-state index contributed by atoms with van der Waals surface area (Å²) in [4.78, 5) is 29.5. The minimum atomic E-state index is -0.190. The third-order valence-corrected chi connectivity index (χ3v) is 6.14. The van der Waals surface area contributed by atoms with Crippen molar-refractivity contribution in [2.24, 2.45) is 0 Å². The second-order valence-electron chi connectivity index (χ2n) is 8.76. The Morgan fingerprint density at radius 2 is 2.14 bits per heavy atom. The van der Waals surface area contributed by atoms with Gasteiger partial charge < -0.3 is 19.6 Å². The number of piperidine rings is 1. The number of nitrogens with zero attached hydrogens (tertiary/aromatic N) is 3. The Balaban J connectivity index is 0.00000218. The number of amides is 2. The molecule has 2 amide bonds. The van der Waals surface area contributed by atoms with E-state index in [0.717, 1.165) is 49.1 Å². The lowest BCUT2D eigenvalue weighted by atomic mass is 9.92. The van der Waals surface area contributed by atoms with Gasteiger partial charge in [0, 0.05) is 38.1 Å². The van der Waals surface area contributed by atoms with Crippen molar-refractivity contribution in [1.29, 1.82) is 0 Å². The van der Waals surface area contributed by atoms with E-state index in [1.165, 1.54) is 5.56 Å². The van der Waals surface area contributed by atoms with Crippen molar-refractivity contribution >= 4 is 11.8 Å². The van der Waals surface area contributed by atoms with Gasteiger partial charge in [-0.2, -0.15) is 0 Å². The SMILES string of the molecule is CN(C)Cc1ccc2c(c1)[C@@H]1C[C@H](NC(=O)c3cc(C4CC4)on3)CCN1C2=O.[HH]. The lowest BCUT2D eigenvalue weighted by Crippen LogP contribution is -2.45. The van der Waals surface area contributed by atoms with Crippen LogP contribution in [0.3, 0.4) is 0 Å². The first-order chi connectivity index (χ1) is 14.0. The van der Waals surface area contributed by atoms with Crippen LogP contribution in [-0.4, -0.2) is 53.5 Å². The first-order valence-electron chi connectivity index (χ1n) is 10.4. The Labute approximate surface area is 171 Å². The van der Waals surface area contributed by atoms with Gasteiger partial charge in [0.25, 0.3) is 11.8 Å². The Hall–Kier alpha value is -2.67. The fourth-order valence-electron chi connectivity index (χ4n) is 4.55. The van der Waals surface area contributed by atoms with Gasteiger partial charge >= 0.3 is 0 Å². The highest BCUT2D eigenvalue weighted by molar-refractivity contribution is 5.99. The summed E-state index contributed by atoms with van der Waals surface area (Å²) >= 11 is 0. The zero-order chi connectivity index (χ0) is 20.1. The van der Waals surface area contributed by atoms with Gasteiger partial charge in [-0.05, 0) is 57.0 Å². The van der Waals surface area contributed by atoms with E-state index in [4.69, 9.17) is 4.52 Å². The fraction of sp³-hybridized carbons (Fsp3) is 0.500. The molecule has 3 heterocycles. The quantitative estimate of drug-likeness (QED) is 0.841. The molecule has 29 heavy (non-hydrogen) atoms. The van der Waals surface area contributed by atoms with Crippen LogP contribution < -0.4 is 5.32 Å². The van der Waals surface area contributed by atoms with Gasteiger partial charge in [0.2, 0.25) is 0 Å². The first kappa shape index (κ1) is 18.4. The third kappa shape index (κ3) is 3.44. The lowest BCUT2D eigenvalue weighted by molar-refractivity contribution is 0.0630. The minimum Gasteiger partial charge on any atom is -0.360 e. The molecule has 0 unspecified atom stereocenters. The monoisotopic (exact) mass is 396 g/mol. The zero-order valence-electron chi connectivity index (χ0n) is 16.9. The molecule has 0 radical (unpaired) electrons. The van der Waals surface area contributed by atoms with Crippen molar-refractivity contribution < 1.29 is 15.5 Å². The van der Waals surface area contributed by atoms with E-state index in [1.54, 1.807) is 6.07 Å². The Morgan fingerprint density at radius 3 is 2.90 bits per heavy atom. The van der Waals surface area contributed by atoms with Crippen molar-refractivity contribution in [3.63, 3.8) is 0 Å². The van der Waals surface area contributed by atoms with Crippen LogP contribution >= 0.6 is 0 Å². The zero-order valence-corrected chi connectivity index (χ0v) is 16.9. The number of hydrogen-bond donors (Lipinski definition) is 1. The van der Waals surface area contributed by atoms with E-state index in [-0.39, 0.29) is 25.3 Å². The molecule has 5 rings (SSSR count). The number of rotatable bonds is 5. The van der Waals surface area contributed by atoms with Crippen LogP contribution in [0.5, 0.6) is 0 Å². The molecule has 1 N–H and O–H groups in total. The molecule has 1 aliphatic carbocycles. The van der Waals surface area contributed by atoms with E-state index < -0.39 is 0 Å². The molecule has 2 atom stereocenters. The molecule has 7 heteroatoms. The second-order valence-corrected chi connectivity index (χ2v) is 8.76. The molecule has 154 valence electrons. The summed E-state index contributed by atoms with van der Waals surface area (Å²) in [6.07, 6.45) is 3.70. The summed E-state index contributed by atoms with van der Waals surface area (Å²) in [5.74, 6) is 1.17. The predicted molar refractivity (Wildman–Crippen MR) is 109 cm³/mol. The molecule has 0 spiro atoms. The number of nitrogens with one attached hydrogen (secondary N) is 1. The molecular weight excluding hydrogens is 368 g/mol. The maximum atomic E-state index is 12.8. The van der Waals surface area contributed by atoms with Crippen molar-refractivity contribution in [3.05, 3.63) is 52.4 Å². The van der Waals surface area contributed by atoms with Gasteiger partial charge in [0.1, 0.15) is 5.76 Å². The highest BCUT2D eigenvalue weighted by atomic mass is 16.5. The largest absolute Gasteiger partial charge is 0.360 e.